The minimum atomic E-state index is 0.0595. The van der Waals surface area contributed by atoms with E-state index in [9.17, 15) is 4.79 Å². The van der Waals surface area contributed by atoms with Crippen LogP contribution < -0.4 is 5.32 Å². The summed E-state index contributed by atoms with van der Waals surface area (Å²) < 4.78 is 5.07. The molecule has 1 aliphatic carbocycles. The Labute approximate surface area is 77.1 Å². The molecule has 1 N–H and O–H groups in total. The van der Waals surface area contributed by atoms with E-state index in [0.717, 1.165) is 12.2 Å². The summed E-state index contributed by atoms with van der Waals surface area (Å²) >= 11 is 0. The summed E-state index contributed by atoms with van der Waals surface area (Å²) in [6.07, 6.45) is 3.06. The molecule has 70 valence electrons. The number of amides is 1. The van der Waals surface area contributed by atoms with Crippen LogP contribution in [0, 0.1) is 5.92 Å². The summed E-state index contributed by atoms with van der Waals surface area (Å²) in [4.78, 5) is 11.3. The predicted octanol–water partition coefficient (Wildman–Crippen LogP) is 1.35. The van der Waals surface area contributed by atoms with Crippen molar-refractivity contribution in [2.45, 2.75) is 25.8 Å². The molecule has 1 heterocycles. The molecule has 3 heteroatoms. The number of nitrogens with one attached hydrogen (secondary N) is 1. The zero-order chi connectivity index (χ0) is 9.26. The van der Waals surface area contributed by atoms with E-state index in [4.69, 9.17) is 4.42 Å². The fourth-order valence-corrected chi connectivity index (χ4v) is 1.35. The van der Waals surface area contributed by atoms with Gasteiger partial charge in [-0.2, -0.15) is 0 Å². The first-order valence-corrected chi connectivity index (χ1v) is 4.57. The zero-order valence-electron chi connectivity index (χ0n) is 7.62. The van der Waals surface area contributed by atoms with Crippen molar-refractivity contribution in [3.8, 4) is 0 Å². The molecule has 1 fully saturated rings. The lowest BCUT2D eigenvalue weighted by atomic mass is 10.3. The van der Waals surface area contributed by atoms with Crippen molar-refractivity contribution in [3.63, 3.8) is 0 Å². The van der Waals surface area contributed by atoms with E-state index in [1.54, 1.807) is 12.3 Å². The largest absolute Gasteiger partial charge is 0.469 e. The fourth-order valence-electron chi connectivity index (χ4n) is 1.35. The van der Waals surface area contributed by atoms with E-state index < -0.39 is 0 Å². The maximum atomic E-state index is 11.3. The monoisotopic (exact) mass is 179 g/mol. The summed E-state index contributed by atoms with van der Waals surface area (Å²) in [7, 11) is 0. The van der Waals surface area contributed by atoms with Crippen LogP contribution in [0.4, 0.5) is 0 Å². The molecular weight excluding hydrogens is 166 g/mol. The Morgan fingerprint density at radius 1 is 1.77 bits per heavy atom. The first-order chi connectivity index (χ1) is 6.25. The van der Waals surface area contributed by atoms with Crippen molar-refractivity contribution in [2.24, 2.45) is 5.92 Å². The lowest BCUT2D eigenvalue weighted by molar-refractivity contribution is -0.120. The highest BCUT2D eigenvalue weighted by Gasteiger charge is 2.33. The second kappa shape index (κ2) is 3.24. The van der Waals surface area contributed by atoms with Gasteiger partial charge in [-0.1, -0.05) is 6.92 Å². The van der Waals surface area contributed by atoms with E-state index in [1.165, 1.54) is 0 Å². The Morgan fingerprint density at radius 2 is 2.54 bits per heavy atom. The van der Waals surface area contributed by atoms with Gasteiger partial charge in [0.25, 0.3) is 0 Å². The van der Waals surface area contributed by atoms with Gasteiger partial charge in [-0.25, -0.2) is 0 Å². The quantitative estimate of drug-likeness (QED) is 0.761. The van der Waals surface area contributed by atoms with Gasteiger partial charge in [-0.15, -0.1) is 0 Å². The van der Waals surface area contributed by atoms with Gasteiger partial charge in [0, 0.05) is 6.04 Å². The van der Waals surface area contributed by atoms with Crippen LogP contribution in [0.1, 0.15) is 19.1 Å². The van der Waals surface area contributed by atoms with Gasteiger partial charge in [0.2, 0.25) is 5.91 Å². The molecule has 2 rings (SSSR count). The number of carbonyl (C=O) groups excluding carboxylic acids is 1. The summed E-state index contributed by atoms with van der Waals surface area (Å²) in [5.41, 5.74) is 0. The molecule has 3 nitrogen and oxygen atoms in total. The van der Waals surface area contributed by atoms with Crippen molar-refractivity contribution in [1.29, 1.82) is 0 Å². The second-order valence-corrected chi connectivity index (χ2v) is 3.64. The van der Waals surface area contributed by atoms with Crippen LogP contribution in [-0.2, 0) is 11.2 Å². The Kier molecular flexibility index (Phi) is 2.08. The van der Waals surface area contributed by atoms with Gasteiger partial charge in [0.05, 0.1) is 12.7 Å². The lowest BCUT2D eigenvalue weighted by Gasteiger charge is -2.00. The normalized spacial score (nSPS) is 25.6. The minimum Gasteiger partial charge on any atom is -0.469 e. The topological polar surface area (TPSA) is 42.2 Å². The summed E-state index contributed by atoms with van der Waals surface area (Å²) in [6.45, 7) is 2.14. The standard InChI is InChI=1S/C10H13NO2/c1-7-5-9(7)11-10(12)6-8-3-2-4-13-8/h2-4,7,9H,5-6H2,1H3,(H,11,12)/t7-,9-/m1/s1. The highest BCUT2D eigenvalue weighted by Crippen LogP contribution is 2.28. The molecule has 0 bridgehead atoms. The van der Waals surface area contributed by atoms with E-state index in [0.29, 0.717) is 18.4 Å². The first kappa shape index (κ1) is 8.35. The Morgan fingerprint density at radius 3 is 3.08 bits per heavy atom. The summed E-state index contributed by atoms with van der Waals surface area (Å²) in [6, 6.07) is 4.01. The highest BCUT2D eigenvalue weighted by atomic mass is 16.3. The maximum Gasteiger partial charge on any atom is 0.227 e. The van der Waals surface area contributed by atoms with Crippen LogP contribution in [0.25, 0.3) is 0 Å². The number of carbonyl (C=O) groups is 1. The van der Waals surface area contributed by atoms with Crippen molar-refractivity contribution in [3.05, 3.63) is 24.2 Å². The molecule has 1 aromatic heterocycles. The fraction of sp³-hybridized carbons (Fsp3) is 0.500. The van der Waals surface area contributed by atoms with E-state index in [-0.39, 0.29) is 5.91 Å². The molecule has 0 spiro atoms. The van der Waals surface area contributed by atoms with Crippen LogP contribution in [0.5, 0.6) is 0 Å². The molecule has 2 atom stereocenters. The Hall–Kier alpha value is -1.25. The molecule has 0 aromatic carbocycles. The molecule has 1 aliphatic rings. The maximum absolute atomic E-state index is 11.3. The van der Waals surface area contributed by atoms with Crippen molar-refractivity contribution in [2.75, 3.05) is 0 Å². The number of hydrogen-bond donors (Lipinski definition) is 1. The van der Waals surface area contributed by atoms with Crippen molar-refractivity contribution in [1.82, 2.24) is 5.32 Å². The number of hydrogen-bond acceptors (Lipinski definition) is 2. The Balaban J connectivity index is 1.79. The van der Waals surface area contributed by atoms with Gasteiger partial charge in [-0.05, 0) is 24.5 Å². The average molecular weight is 179 g/mol. The molecule has 1 amide bonds. The number of furan rings is 1. The smallest absolute Gasteiger partial charge is 0.227 e. The van der Waals surface area contributed by atoms with Crippen molar-refractivity contribution >= 4 is 5.91 Å². The highest BCUT2D eigenvalue weighted by molar-refractivity contribution is 5.78. The SMILES string of the molecule is C[C@@H]1C[C@H]1NC(=O)Cc1ccco1. The lowest BCUT2D eigenvalue weighted by Crippen LogP contribution is -2.27. The van der Waals surface area contributed by atoms with E-state index >= 15 is 0 Å². The average Bonchev–Trinajstić information content (AvgIpc) is 2.61. The van der Waals surface area contributed by atoms with Crippen LogP contribution >= 0.6 is 0 Å². The molecule has 0 unspecified atom stereocenters. The molecule has 1 aromatic rings. The van der Waals surface area contributed by atoms with Gasteiger partial charge >= 0.3 is 0 Å². The third-order valence-electron chi connectivity index (χ3n) is 2.37. The van der Waals surface area contributed by atoms with Crippen molar-refractivity contribution < 1.29 is 9.21 Å². The van der Waals surface area contributed by atoms with Gasteiger partial charge in [0.15, 0.2) is 0 Å². The van der Waals surface area contributed by atoms with E-state index in [1.807, 2.05) is 6.07 Å². The van der Waals surface area contributed by atoms with Crippen LogP contribution in [-0.4, -0.2) is 11.9 Å². The third kappa shape index (κ3) is 2.11. The molecule has 0 saturated heterocycles. The van der Waals surface area contributed by atoms with Crippen LogP contribution in [0.2, 0.25) is 0 Å². The molecule has 13 heavy (non-hydrogen) atoms. The molecule has 1 saturated carbocycles. The summed E-state index contributed by atoms with van der Waals surface area (Å²) in [5, 5.41) is 2.94. The second-order valence-electron chi connectivity index (χ2n) is 3.64. The zero-order valence-corrected chi connectivity index (χ0v) is 7.62. The molecule has 0 radical (unpaired) electrons. The minimum absolute atomic E-state index is 0.0595. The van der Waals surface area contributed by atoms with E-state index in [2.05, 4.69) is 12.2 Å². The van der Waals surface area contributed by atoms with Gasteiger partial charge in [-0.3, -0.25) is 4.79 Å². The Bertz CT molecular complexity index is 292. The third-order valence-corrected chi connectivity index (χ3v) is 2.37. The predicted molar refractivity (Wildman–Crippen MR) is 48.1 cm³/mol. The summed E-state index contributed by atoms with van der Waals surface area (Å²) in [5.74, 6) is 1.44. The van der Waals surface area contributed by atoms with Crippen LogP contribution in [0.15, 0.2) is 22.8 Å². The van der Waals surface area contributed by atoms with Gasteiger partial charge in [0.1, 0.15) is 5.76 Å². The van der Waals surface area contributed by atoms with Gasteiger partial charge < -0.3 is 9.73 Å². The molecular formula is C10H13NO2. The number of rotatable bonds is 3. The van der Waals surface area contributed by atoms with Crippen LogP contribution in [0.3, 0.4) is 0 Å². The first-order valence-electron chi connectivity index (χ1n) is 4.57. The molecule has 0 aliphatic heterocycles.